The number of aromatic nitrogens is 2. The summed E-state index contributed by atoms with van der Waals surface area (Å²) >= 11 is 0. The second-order valence-corrected chi connectivity index (χ2v) is 6.96. The summed E-state index contributed by atoms with van der Waals surface area (Å²) in [6, 6.07) is 14.0. The van der Waals surface area contributed by atoms with E-state index in [0.717, 1.165) is 41.5 Å². The molecule has 0 bridgehead atoms. The Morgan fingerprint density at radius 2 is 1.97 bits per heavy atom. The normalized spacial score (nSPS) is 13.8. The zero-order valence-electron chi connectivity index (χ0n) is 16.5. The number of hydrogen-bond donors (Lipinski definition) is 2. The highest BCUT2D eigenvalue weighted by molar-refractivity contribution is 5.92. The fraction of sp³-hybridized carbons (Fsp3) is 0.273. The van der Waals surface area contributed by atoms with E-state index in [2.05, 4.69) is 38.1 Å². The predicted octanol–water partition coefficient (Wildman–Crippen LogP) is 3.33. The molecule has 0 amide bonds. The third-order valence-corrected chi connectivity index (χ3v) is 4.72. The van der Waals surface area contributed by atoms with Crippen molar-refractivity contribution in [2.45, 2.75) is 26.4 Å². The quantitative estimate of drug-likeness (QED) is 0.515. The van der Waals surface area contributed by atoms with Gasteiger partial charge in [-0.05, 0) is 30.2 Å². The van der Waals surface area contributed by atoms with Crippen molar-refractivity contribution in [1.82, 2.24) is 9.55 Å². The first kappa shape index (κ1) is 18.9. The molecule has 3 N–H and O–H groups in total. The standard InChI is InChI=1S/C22H25N5O2/c1-16-24-8-9-27(16)15-18-5-2-4-17(12-18)14-25-22(23)26-19-6-7-20-21(13-19)29-11-3-10-28-20/h2,4-9,12-13H,3,10-11,14-15H2,1H3,(H3,23,25,26). The summed E-state index contributed by atoms with van der Waals surface area (Å²) < 4.78 is 13.5. The molecular weight excluding hydrogens is 366 g/mol. The summed E-state index contributed by atoms with van der Waals surface area (Å²) in [6.45, 7) is 4.60. The molecule has 1 aliphatic heterocycles. The molecule has 29 heavy (non-hydrogen) atoms. The number of nitrogens with zero attached hydrogens (tertiary/aromatic N) is 3. The van der Waals surface area contributed by atoms with Gasteiger partial charge >= 0.3 is 0 Å². The van der Waals surface area contributed by atoms with Gasteiger partial charge in [0.25, 0.3) is 0 Å². The monoisotopic (exact) mass is 391 g/mol. The van der Waals surface area contributed by atoms with Crippen LogP contribution in [0.25, 0.3) is 0 Å². The van der Waals surface area contributed by atoms with Gasteiger partial charge in [0, 0.05) is 37.1 Å². The Kier molecular flexibility index (Phi) is 5.65. The number of guanidine groups is 1. The van der Waals surface area contributed by atoms with Crippen molar-refractivity contribution < 1.29 is 9.47 Å². The van der Waals surface area contributed by atoms with Crippen molar-refractivity contribution in [3.8, 4) is 11.5 Å². The van der Waals surface area contributed by atoms with Gasteiger partial charge in [0.05, 0.1) is 19.8 Å². The average Bonchev–Trinajstić information content (AvgIpc) is 2.98. The number of imidazole rings is 1. The number of hydrogen-bond acceptors (Lipinski definition) is 4. The molecule has 0 saturated carbocycles. The fourth-order valence-electron chi connectivity index (χ4n) is 3.20. The molecule has 1 aromatic heterocycles. The molecule has 0 fully saturated rings. The van der Waals surface area contributed by atoms with Crippen LogP contribution >= 0.6 is 0 Å². The van der Waals surface area contributed by atoms with Crippen molar-refractivity contribution >= 4 is 11.6 Å². The van der Waals surface area contributed by atoms with Crippen LogP contribution in [0.15, 0.2) is 59.9 Å². The number of aryl methyl sites for hydroxylation is 1. The van der Waals surface area contributed by atoms with E-state index in [1.807, 2.05) is 43.6 Å². The Labute approximate surface area is 170 Å². The molecular formula is C22H25N5O2. The van der Waals surface area contributed by atoms with Gasteiger partial charge < -0.3 is 25.1 Å². The molecule has 0 spiro atoms. The molecule has 7 heteroatoms. The van der Waals surface area contributed by atoms with Crippen LogP contribution in [-0.4, -0.2) is 28.7 Å². The van der Waals surface area contributed by atoms with Crippen LogP contribution in [0, 0.1) is 6.92 Å². The topological polar surface area (TPSA) is 86.7 Å². The van der Waals surface area contributed by atoms with Crippen molar-refractivity contribution in [2.75, 3.05) is 18.5 Å². The molecule has 0 atom stereocenters. The number of fused-ring (bicyclic) bond motifs is 1. The fourth-order valence-corrected chi connectivity index (χ4v) is 3.20. The highest BCUT2D eigenvalue weighted by Crippen LogP contribution is 2.32. The average molecular weight is 391 g/mol. The number of nitrogens with one attached hydrogen (secondary N) is 1. The minimum absolute atomic E-state index is 0.357. The van der Waals surface area contributed by atoms with Crippen LogP contribution in [0.3, 0.4) is 0 Å². The lowest BCUT2D eigenvalue weighted by atomic mass is 10.1. The molecule has 0 saturated heterocycles. The van der Waals surface area contributed by atoms with E-state index in [0.29, 0.717) is 25.7 Å². The second-order valence-electron chi connectivity index (χ2n) is 6.96. The molecule has 2 heterocycles. The molecule has 7 nitrogen and oxygen atoms in total. The largest absolute Gasteiger partial charge is 0.490 e. The minimum atomic E-state index is 0.357. The molecule has 4 rings (SSSR count). The zero-order valence-corrected chi connectivity index (χ0v) is 16.5. The SMILES string of the molecule is Cc1nccn1Cc1cccc(CN=C(N)Nc2ccc3c(c2)OCCCO3)c1. The summed E-state index contributed by atoms with van der Waals surface area (Å²) in [5.74, 6) is 2.84. The first-order valence-electron chi connectivity index (χ1n) is 9.69. The Balaban J connectivity index is 1.39. The maximum atomic E-state index is 6.08. The highest BCUT2D eigenvalue weighted by Gasteiger charge is 2.11. The van der Waals surface area contributed by atoms with Crippen LogP contribution < -0.4 is 20.5 Å². The van der Waals surface area contributed by atoms with Gasteiger partial charge in [0.1, 0.15) is 5.82 Å². The summed E-state index contributed by atoms with van der Waals surface area (Å²) in [5.41, 5.74) is 9.20. The Bertz CT molecular complexity index is 1010. The van der Waals surface area contributed by atoms with Gasteiger partial charge in [-0.3, -0.25) is 0 Å². The predicted molar refractivity (Wildman–Crippen MR) is 114 cm³/mol. The van der Waals surface area contributed by atoms with Gasteiger partial charge in [-0.15, -0.1) is 0 Å². The van der Waals surface area contributed by atoms with E-state index in [-0.39, 0.29) is 0 Å². The first-order chi connectivity index (χ1) is 14.2. The number of aliphatic imine (C=N–C) groups is 1. The molecule has 150 valence electrons. The van der Waals surface area contributed by atoms with Crippen LogP contribution in [-0.2, 0) is 13.1 Å². The lowest BCUT2D eigenvalue weighted by Gasteiger charge is -2.11. The smallest absolute Gasteiger partial charge is 0.193 e. The van der Waals surface area contributed by atoms with Crippen LogP contribution in [0.5, 0.6) is 11.5 Å². The number of anilines is 1. The molecule has 0 aliphatic carbocycles. The highest BCUT2D eigenvalue weighted by atomic mass is 16.5. The maximum absolute atomic E-state index is 6.08. The van der Waals surface area contributed by atoms with E-state index in [1.54, 1.807) is 0 Å². The van der Waals surface area contributed by atoms with Gasteiger partial charge in [-0.1, -0.05) is 24.3 Å². The van der Waals surface area contributed by atoms with Crippen molar-refractivity contribution in [1.29, 1.82) is 0 Å². The van der Waals surface area contributed by atoms with Crippen LogP contribution in [0.2, 0.25) is 0 Å². The summed E-state index contributed by atoms with van der Waals surface area (Å²) in [5, 5.41) is 3.12. The summed E-state index contributed by atoms with van der Waals surface area (Å²) in [7, 11) is 0. The maximum Gasteiger partial charge on any atom is 0.193 e. The Hall–Kier alpha value is -3.48. The summed E-state index contributed by atoms with van der Waals surface area (Å²) in [6.07, 6.45) is 4.67. The molecule has 0 unspecified atom stereocenters. The van der Waals surface area contributed by atoms with E-state index < -0.39 is 0 Å². The van der Waals surface area contributed by atoms with Gasteiger partial charge in [-0.2, -0.15) is 0 Å². The van der Waals surface area contributed by atoms with Crippen LogP contribution in [0.4, 0.5) is 5.69 Å². The van der Waals surface area contributed by atoms with E-state index in [9.17, 15) is 0 Å². The number of benzene rings is 2. The van der Waals surface area contributed by atoms with Crippen LogP contribution in [0.1, 0.15) is 23.4 Å². The van der Waals surface area contributed by atoms with Gasteiger partial charge in [0.15, 0.2) is 17.5 Å². The van der Waals surface area contributed by atoms with E-state index >= 15 is 0 Å². The van der Waals surface area contributed by atoms with E-state index in [1.165, 1.54) is 5.56 Å². The van der Waals surface area contributed by atoms with E-state index in [4.69, 9.17) is 15.2 Å². The Morgan fingerprint density at radius 1 is 1.14 bits per heavy atom. The minimum Gasteiger partial charge on any atom is -0.490 e. The van der Waals surface area contributed by atoms with Gasteiger partial charge in [-0.25, -0.2) is 9.98 Å². The van der Waals surface area contributed by atoms with Crippen molar-refractivity contribution in [3.05, 3.63) is 71.8 Å². The number of ether oxygens (including phenoxy) is 2. The van der Waals surface area contributed by atoms with Gasteiger partial charge in [0.2, 0.25) is 0 Å². The molecule has 0 radical (unpaired) electrons. The Morgan fingerprint density at radius 3 is 2.79 bits per heavy atom. The first-order valence-corrected chi connectivity index (χ1v) is 9.69. The molecule has 1 aliphatic rings. The van der Waals surface area contributed by atoms with Crippen molar-refractivity contribution in [2.24, 2.45) is 10.7 Å². The number of rotatable bonds is 5. The molecule has 2 aromatic carbocycles. The number of nitrogens with two attached hydrogens (primary N) is 1. The molecule has 3 aromatic rings. The zero-order chi connectivity index (χ0) is 20.1. The lowest BCUT2D eigenvalue weighted by molar-refractivity contribution is 0.297. The second kappa shape index (κ2) is 8.68. The van der Waals surface area contributed by atoms with Crippen molar-refractivity contribution in [3.63, 3.8) is 0 Å². The third-order valence-electron chi connectivity index (χ3n) is 4.72. The summed E-state index contributed by atoms with van der Waals surface area (Å²) in [4.78, 5) is 8.73. The lowest BCUT2D eigenvalue weighted by Crippen LogP contribution is -2.22. The third kappa shape index (κ3) is 4.87.